The van der Waals surface area contributed by atoms with Crippen molar-refractivity contribution < 1.29 is 9.47 Å². The van der Waals surface area contributed by atoms with E-state index in [2.05, 4.69) is 69.3 Å². The van der Waals surface area contributed by atoms with Crippen LogP contribution in [0.5, 0.6) is 0 Å². The van der Waals surface area contributed by atoms with Crippen molar-refractivity contribution in [2.45, 2.75) is 59.0 Å². The van der Waals surface area contributed by atoms with Gasteiger partial charge in [0.25, 0.3) is 0 Å². The van der Waals surface area contributed by atoms with Gasteiger partial charge >= 0.3 is 0 Å². The summed E-state index contributed by atoms with van der Waals surface area (Å²) in [4.78, 5) is 0. The molecule has 206 valence electrons. The Labute approximate surface area is 251 Å². The highest BCUT2D eigenvalue weighted by molar-refractivity contribution is 7.38. The van der Waals surface area contributed by atoms with E-state index in [1.165, 1.54) is 76.7 Å². The van der Waals surface area contributed by atoms with Gasteiger partial charge in [-0.05, 0) is 43.9 Å². The van der Waals surface area contributed by atoms with Crippen molar-refractivity contribution in [3.05, 3.63) is 59.7 Å². The summed E-state index contributed by atoms with van der Waals surface area (Å²) in [7, 11) is 0. The maximum atomic E-state index is 6.60. The standard InChI is InChI=1S/C34H34O2S4/c1-4-6-17-35-19-16-23-27-32(40-30-21-12-8-10-14-24(21)37-33(27)30)26(20(3)36-18-7-5-2)28-29(23)39-31-22-13-9-11-15-25(22)38-34(28)31/h8-15,20H,4-7,16-19H2,1-3H3. The third kappa shape index (κ3) is 4.39. The molecule has 0 amide bonds. The highest BCUT2D eigenvalue weighted by Gasteiger charge is 2.27. The molecule has 2 nitrogen and oxygen atoms in total. The van der Waals surface area contributed by atoms with E-state index in [0.717, 1.165) is 45.5 Å². The predicted molar refractivity (Wildman–Crippen MR) is 182 cm³/mol. The van der Waals surface area contributed by atoms with Gasteiger partial charge in [-0.15, -0.1) is 45.3 Å². The summed E-state index contributed by atoms with van der Waals surface area (Å²) >= 11 is 7.89. The molecule has 0 bridgehead atoms. The van der Waals surface area contributed by atoms with Crippen LogP contribution in [0.25, 0.3) is 59.1 Å². The molecule has 0 saturated carbocycles. The first-order valence-electron chi connectivity index (χ1n) is 14.5. The van der Waals surface area contributed by atoms with Crippen LogP contribution in [0.15, 0.2) is 48.5 Å². The topological polar surface area (TPSA) is 18.5 Å². The Balaban J connectivity index is 1.56. The van der Waals surface area contributed by atoms with Gasteiger partial charge in [-0.2, -0.15) is 0 Å². The number of thiophene rings is 4. The second kappa shape index (κ2) is 11.3. The summed E-state index contributed by atoms with van der Waals surface area (Å²) in [5.74, 6) is 0. The molecule has 4 heterocycles. The SMILES string of the molecule is CCCCOCCc1c2sc3c4ccccc4sc3c2c(C(C)OCCCC)c2sc3c4ccccc4sc3c12. The maximum absolute atomic E-state index is 6.60. The van der Waals surface area contributed by atoms with Gasteiger partial charge in [-0.25, -0.2) is 0 Å². The van der Waals surface area contributed by atoms with Crippen molar-refractivity contribution in [2.24, 2.45) is 0 Å². The van der Waals surface area contributed by atoms with Gasteiger partial charge in [0.05, 0.1) is 31.5 Å². The Hall–Kier alpha value is -2.06. The van der Waals surface area contributed by atoms with Crippen molar-refractivity contribution in [3.8, 4) is 0 Å². The van der Waals surface area contributed by atoms with Crippen LogP contribution < -0.4 is 0 Å². The van der Waals surface area contributed by atoms with Crippen LogP contribution in [-0.2, 0) is 15.9 Å². The summed E-state index contributed by atoms with van der Waals surface area (Å²) in [6, 6.07) is 17.8. The van der Waals surface area contributed by atoms with Crippen molar-refractivity contribution in [1.29, 1.82) is 0 Å². The van der Waals surface area contributed by atoms with Crippen LogP contribution in [0.2, 0.25) is 0 Å². The minimum absolute atomic E-state index is 0.0356. The summed E-state index contributed by atoms with van der Waals surface area (Å²) < 4.78 is 24.1. The average Bonchev–Trinajstić information content (AvgIpc) is 3.71. The van der Waals surface area contributed by atoms with Gasteiger partial charge < -0.3 is 9.47 Å². The largest absolute Gasteiger partial charge is 0.381 e. The zero-order chi connectivity index (χ0) is 27.2. The molecule has 0 aliphatic heterocycles. The molecule has 0 N–H and O–H groups in total. The number of ether oxygens (including phenoxy) is 2. The second-order valence-corrected chi connectivity index (χ2v) is 14.7. The Morgan fingerprint density at radius 2 is 1.23 bits per heavy atom. The van der Waals surface area contributed by atoms with Crippen molar-refractivity contribution in [1.82, 2.24) is 0 Å². The maximum Gasteiger partial charge on any atom is 0.0817 e. The lowest BCUT2D eigenvalue weighted by atomic mass is 9.97. The normalized spacial score (nSPS) is 13.3. The molecule has 0 aliphatic rings. The van der Waals surface area contributed by atoms with Crippen LogP contribution in [0.1, 0.15) is 63.7 Å². The third-order valence-corrected chi connectivity index (χ3v) is 13.1. The molecule has 3 aromatic carbocycles. The van der Waals surface area contributed by atoms with E-state index in [-0.39, 0.29) is 6.10 Å². The fourth-order valence-corrected chi connectivity index (χ4v) is 11.7. The van der Waals surface area contributed by atoms with E-state index >= 15 is 0 Å². The Kier molecular flexibility index (Phi) is 7.58. The fourth-order valence-electron chi connectivity index (χ4n) is 5.87. The molecule has 40 heavy (non-hydrogen) atoms. The van der Waals surface area contributed by atoms with Gasteiger partial charge in [0.15, 0.2) is 0 Å². The Morgan fingerprint density at radius 1 is 0.625 bits per heavy atom. The number of rotatable bonds is 11. The van der Waals surface area contributed by atoms with Gasteiger partial charge in [-0.1, -0.05) is 63.1 Å². The highest BCUT2D eigenvalue weighted by atomic mass is 32.1. The zero-order valence-electron chi connectivity index (χ0n) is 23.3. The molecule has 0 radical (unpaired) electrons. The summed E-state index contributed by atoms with van der Waals surface area (Å²) in [5.41, 5.74) is 2.87. The molecule has 6 heteroatoms. The number of hydrogen-bond donors (Lipinski definition) is 0. The minimum atomic E-state index is 0.0356. The third-order valence-electron chi connectivity index (χ3n) is 7.92. The van der Waals surface area contributed by atoms with Crippen LogP contribution in [0.3, 0.4) is 0 Å². The minimum Gasteiger partial charge on any atom is -0.381 e. The average molecular weight is 603 g/mol. The van der Waals surface area contributed by atoms with E-state index < -0.39 is 0 Å². The van der Waals surface area contributed by atoms with Crippen LogP contribution in [0.4, 0.5) is 0 Å². The van der Waals surface area contributed by atoms with Crippen LogP contribution in [-0.4, -0.2) is 19.8 Å². The van der Waals surface area contributed by atoms with Crippen molar-refractivity contribution in [3.63, 3.8) is 0 Å². The summed E-state index contributed by atoms with van der Waals surface area (Å²) in [5, 5.41) is 5.65. The monoisotopic (exact) mass is 602 g/mol. The smallest absolute Gasteiger partial charge is 0.0817 e. The van der Waals surface area contributed by atoms with E-state index in [0.29, 0.717) is 0 Å². The number of benzene rings is 3. The molecule has 0 saturated heterocycles. The van der Waals surface area contributed by atoms with Crippen molar-refractivity contribution in [2.75, 3.05) is 19.8 Å². The second-order valence-electron chi connectivity index (χ2n) is 10.6. The molecular formula is C34H34O2S4. The lowest BCUT2D eigenvalue weighted by Crippen LogP contribution is -2.05. The Bertz CT molecular complexity index is 1960. The molecular weight excluding hydrogens is 569 g/mol. The van der Waals surface area contributed by atoms with Crippen LogP contribution >= 0.6 is 45.3 Å². The molecule has 7 rings (SSSR count). The number of hydrogen-bond acceptors (Lipinski definition) is 6. The van der Waals surface area contributed by atoms with E-state index in [9.17, 15) is 0 Å². The quantitative estimate of drug-likeness (QED) is 0.137. The zero-order valence-corrected chi connectivity index (χ0v) is 26.6. The van der Waals surface area contributed by atoms with E-state index in [1.807, 2.05) is 45.3 Å². The summed E-state index contributed by atoms with van der Waals surface area (Å²) in [6.45, 7) is 9.15. The Morgan fingerprint density at radius 3 is 1.90 bits per heavy atom. The molecule has 1 atom stereocenters. The number of fused-ring (bicyclic) bond motifs is 10. The molecule has 0 spiro atoms. The predicted octanol–water partition coefficient (Wildman–Crippen LogP) is 12.1. The molecule has 0 fully saturated rings. The highest BCUT2D eigenvalue weighted by Crippen LogP contribution is 2.55. The van der Waals surface area contributed by atoms with Gasteiger partial charge in [0.1, 0.15) is 0 Å². The van der Waals surface area contributed by atoms with E-state index in [4.69, 9.17) is 9.47 Å². The van der Waals surface area contributed by atoms with Gasteiger partial charge in [0, 0.05) is 59.1 Å². The van der Waals surface area contributed by atoms with Gasteiger partial charge in [0.2, 0.25) is 0 Å². The first kappa shape index (κ1) is 26.8. The van der Waals surface area contributed by atoms with Gasteiger partial charge in [-0.3, -0.25) is 0 Å². The molecule has 0 aliphatic carbocycles. The van der Waals surface area contributed by atoms with Crippen LogP contribution in [0, 0.1) is 0 Å². The van der Waals surface area contributed by atoms with Crippen molar-refractivity contribution >= 4 is 104 Å². The summed E-state index contributed by atoms with van der Waals surface area (Å²) in [6.07, 6.45) is 5.50. The first-order chi connectivity index (χ1) is 19.7. The molecule has 4 aromatic heterocycles. The number of unbranched alkanes of at least 4 members (excludes halogenated alkanes) is 2. The lowest BCUT2D eigenvalue weighted by molar-refractivity contribution is 0.0657. The fraction of sp³-hybridized carbons (Fsp3) is 0.353. The lowest BCUT2D eigenvalue weighted by Gasteiger charge is -2.18. The molecule has 1 unspecified atom stereocenters. The van der Waals surface area contributed by atoms with E-state index in [1.54, 1.807) is 0 Å². The first-order valence-corrected chi connectivity index (χ1v) is 17.8. The molecule has 7 aromatic rings.